The Morgan fingerprint density at radius 3 is 2.21 bits per heavy atom. The molecule has 0 unspecified atom stereocenters. The van der Waals surface area contributed by atoms with Crippen molar-refractivity contribution in [3.05, 3.63) is 102 Å². The second-order valence-electron chi connectivity index (χ2n) is 8.72. The molecule has 1 heterocycles. The number of benzene rings is 2. The lowest BCUT2D eigenvalue weighted by Crippen LogP contribution is -2.33. The first kappa shape index (κ1) is 28.0. The number of ether oxygens (including phenoxy) is 1. The summed E-state index contributed by atoms with van der Waals surface area (Å²) >= 11 is 0. The summed E-state index contributed by atoms with van der Waals surface area (Å²) in [4.78, 5) is 30.2. The average molecular weight is 516 g/mol. The van der Waals surface area contributed by atoms with Gasteiger partial charge in [-0.05, 0) is 46.9 Å². The van der Waals surface area contributed by atoms with Gasteiger partial charge in [-0.25, -0.2) is 9.78 Å². The lowest BCUT2D eigenvalue weighted by Gasteiger charge is -2.18. The van der Waals surface area contributed by atoms with E-state index < -0.39 is 6.09 Å². The zero-order chi connectivity index (χ0) is 27.5. The monoisotopic (exact) mass is 515 g/mol. The molecule has 8 heteroatoms. The van der Waals surface area contributed by atoms with Crippen molar-refractivity contribution in [2.45, 2.75) is 13.3 Å². The number of hydrogen-bond donors (Lipinski definition) is 2. The number of aromatic nitrogens is 1. The Balaban J connectivity index is 1.77. The number of phenolic OH excluding ortho intramolecular Hbond substituents is 1. The van der Waals surface area contributed by atoms with Crippen LogP contribution in [-0.2, 0) is 4.79 Å². The molecule has 0 bridgehead atoms. The number of carbonyl (C=O) groups is 2. The molecule has 2 amide bonds. The third kappa shape index (κ3) is 7.70. The summed E-state index contributed by atoms with van der Waals surface area (Å²) in [6.07, 6.45) is 4.28. The van der Waals surface area contributed by atoms with Crippen LogP contribution < -0.4 is 4.74 Å². The number of pyridine rings is 1. The highest BCUT2D eigenvalue weighted by Crippen LogP contribution is 2.35. The van der Waals surface area contributed by atoms with E-state index in [0.717, 1.165) is 39.2 Å². The molecule has 3 aromatic rings. The van der Waals surface area contributed by atoms with Crippen molar-refractivity contribution in [1.29, 1.82) is 0 Å². The van der Waals surface area contributed by atoms with Gasteiger partial charge in [-0.15, -0.1) is 0 Å². The average Bonchev–Trinajstić information content (AvgIpc) is 2.92. The maximum absolute atomic E-state index is 11.6. The lowest BCUT2D eigenvalue weighted by atomic mass is 9.89. The largest absolute Gasteiger partial charge is 0.508 e. The van der Waals surface area contributed by atoms with Gasteiger partial charge in [0.1, 0.15) is 12.4 Å². The van der Waals surface area contributed by atoms with Crippen LogP contribution in [0.4, 0.5) is 4.79 Å². The fourth-order valence-corrected chi connectivity index (χ4v) is 3.88. The molecule has 0 radical (unpaired) electrons. The van der Waals surface area contributed by atoms with Crippen molar-refractivity contribution < 1.29 is 24.5 Å². The van der Waals surface area contributed by atoms with Gasteiger partial charge in [0, 0.05) is 44.5 Å². The molecule has 0 aliphatic rings. The molecule has 3 rings (SSSR count). The van der Waals surface area contributed by atoms with E-state index >= 15 is 0 Å². The standard InChI is InChI=1S/C30H33N3O5/c1-4-26(22-9-6-5-7-10-22)29(23-12-15-25(34)16-13-23)24-14-17-27(31-21-24)38-20-19-33(30(36)37)18-8-11-28(35)32(2)3/h5-17,21,34H,4,18-20H2,1-3H3,(H,36,37)/b11-8+,29-26-. The number of amides is 2. The first-order chi connectivity index (χ1) is 18.3. The topological polar surface area (TPSA) is 103 Å². The van der Waals surface area contributed by atoms with Crippen LogP contribution >= 0.6 is 0 Å². The third-order valence-electron chi connectivity index (χ3n) is 5.87. The zero-order valence-corrected chi connectivity index (χ0v) is 21.9. The van der Waals surface area contributed by atoms with Crippen molar-refractivity contribution in [2.24, 2.45) is 0 Å². The molecule has 2 N–H and O–H groups in total. The first-order valence-corrected chi connectivity index (χ1v) is 12.3. The Labute approximate surface area is 223 Å². The van der Waals surface area contributed by atoms with E-state index in [-0.39, 0.29) is 31.4 Å². The van der Waals surface area contributed by atoms with Crippen LogP contribution in [0.2, 0.25) is 0 Å². The van der Waals surface area contributed by atoms with Gasteiger partial charge in [-0.2, -0.15) is 0 Å². The maximum atomic E-state index is 11.6. The van der Waals surface area contributed by atoms with E-state index in [1.807, 2.05) is 36.4 Å². The number of phenols is 1. The molecular weight excluding hydrogens is 482 g/mol. The van der Waals surface area contributed by atoms with E-state index in [2.05, 4.69) is 24.0 Å². The number of aromatic hydroxyl groups is 1. The number of carboxylic acid groups (broad SMARTS) is 1. The van der Waals surface area contributed by atoms with Crippen molar-refractivity contribution in [2.75, 3.05) is 33.8 Å². The number of nitrogens with zero attached hydrogens (tertiary/aromatic N) is 3. The normalized spacial score (nSPS) is 11.7. The highest BCUT2D eigenvalue weighted by atomic mass is 16.5. The van der Waals surface area contributed by atoms with Crippen molar-refractivity contribution in [3.63, 3.8) is 0 Å². The molecule has 2 aromatic carbocycles. The number of likely N-dealkylation sites (N-methyl/N-ethyl adjacent to an activating group) is 1. The third-order valence-corrected chi connectivity index (χ3v) is 5.87. The molecule has 1 aromatic heterocycles. The second kappa shape index (κ2) is 13.6. The molecule has 0 spiro atoms. The smallest absolute Gasteiger partial charge is 0.407 e. The Bertz CT molecular complexity index is 1270. The molecule has 198 valence electrons. The summed E-state index contributed by atoms with van der Waals surface area (Å²) in [5, 5.41) is 19.2. The summed E-state index contributed by atoms with van der Waals surface area (Å²) in [5.41, 5.74) is 5.11. The van der Waals surface area contributed by atoms with Gasteiger partial charge in [0.15, 0.2) is 0 Å². The second-order valence-corrected chi connectivity index (χ2v) is 8.72. The van der Waals surface area contributed by atoms with Crippen molar-refractivity contribution in [1.82, 2.24) is 14.8 Å². The minimum Gasteiger partial charge on any atom is -0.508 e. The van der Waals surface area contributed by atoms with Crippen molar-refractivity contribution >= 4 is 23.1 Å². The highest BCUT2D eigenvalue weighted by molar-refractivity contribution is 5.98. The Morgan fingerprint density at radius 2 is 1.63 bits per heavy atom. The van der Waals surface area contributed by atoms with Crippen molar-refractivity contribution in [3.8, 4) is 11.6 Å². The number of hydrogen-bond acceptors (Lipinski definition) is 5. The first-order valence-electron chi connectivity index (χ1n) is 12.3. The van der Waals surface area contributed by atoms with Gasteiger partial charge in [0.2, 0.25) is 11.8 Å². The summed E-state index contributed by atoms with van der Waals surface area (Å²) in [7, 11) is 3.25. The molecule has 0 saturated carbocycles. The van der Waals surface area contributed by atoms with Gasteiger partial charge in [0.25, 0.3) is 0 Å². The van der Waals surface area contributed by atoms with E-state index in [9.17, 15) is 19.8 Å². The Hall–Kier alpha value is -4.59. The molecular formula is C30H33N3O5. The molecule has 0 aliphatic heterocycles. The fourth-order valence-electron chi connectivity index (χ4n) is 3.88. The summed E-state index contributed by atoms with van der Waals surface area (Å²) in [5.74, 6) is 0.359. The van der Waals surface area contributed by atoms with Crippen LogP contribution in [0.5, 0.6) is 11.6 Å². The summed E-state index contributed by atoms with van der Waals surface area (Å²) < 4.78 is 5.72. The molecule has 0 aliphatic carbocycles. The molecule has 0 saturated heterocycles. The van der Waals surface area contributed by atoms with Crippen LogP contribution in [0.3, 0.4) is 0 Å². The van der Waals surface area contributed by atoms with E-state index in [1.165, 1.54) is 17.1 Å². The predicted octanol–water partition coefficient (Wildman–Crippen LogP) is 5.16. The lowest BCUT2D eigenvalue weighted by molar-refractivity contribution is -0.123. The number of carbonyl (C=O) groups excluding carboxylic acids is 1. The zero-order valence-electron chi connectivity index (χ0n) is 21.9. The molecule has 0 fully saturated rings. The highest BCUT2D eigenvalue weighted by Gasteiger charge is 2.15. The molecule has 0 atom stereocenters. The van der Waals surface area contributed by atoms with Gasteiger partial charge >= 0.3 is 6.09 Å². The van der Waals surface area contributed by atoms with Crippen LogP contribution in [0, 0.1) is 0 Å². The minimum atomic E-state index is -1.10. The van der Waals surface area contributed by atoms with Crippen LogP contribution in [0.1, 0.15) is 30.0 Å². The SMILES string of the molecule is CC/C(=C(\c1ccc(O)cc1)c1ccc(OCCN(C/C=C/C(=O)N(C)C)C(=O)O)nc1)c1ccccc1. The van der Waals surface area contributed by atoms with Gasteiger partial charge in [-0.3, -0.25) is 4.79 Å². The predicted molar refractivity (Wildman–Crippen MR) is 148 cm³/mol. The van der Waals surface area contributed by atoms with E-state index in [1.54, 1.807) is 38.5 Å². The minimum absolute atomic E-state index is 0.0741. The summed E-state index contributed by atoms with van der Waals surface area (Å²) in [6.45, 7) is 2.41. The van der Waals surface area contributed by atoms with Gasteiger partial charge in [0.05, 0.1) is 6.54 Å². The maximum Gasteiger partial charge on any atom is 0.407 e. The van der Waals surface area contributed by atoms with E-state index in [0.29, 0.717) is 5.88 Å². The van der Waals surface area contributed by atoms with Gasteiger partial charge < -0.3 is 24.7 Å². The van der Waals surface area contributed by atoms with Crippen LogP contribution in [0.15, 0.2) is 85.1 Å². The van der Waals surface area contributed by atoms with E-state index in [4.69, 9.17) is 4.74 Å². The molecule has 8 nitrogen and oxygen atoms in total. The van der Waals surface area contributed by atoms with Gasteiger partial charge in [-0.1, -0.05) is 55.5 Å². The van der Waals surface area contributed by atoms with Crippen LogP contribution in [0.25, 0.3) is 11.1 Å². The Kier molecular flexibility index (Phi) is 10.0. The number of allylic oxidation sites excluding steroid dienone is 1. The van der Waals surface area contributed by atoms with Crippen LogP contribution in [-0.4, -0.2) is 70.8 Å². The Morgan fingerprint density at radius 1 is 0.947 bits per heavy atom. The quantitative estimate of drug-likeness (QED) is 0.270. The summed E-state index contributed by atoms with van der Waals surface area (Å²) in [6, 6.07) is 20.9. The fraction of sp³-hybridized carbons (Fsp3) is 0.233. The molecule has 38 heavy (non-hydrogen) atoms. The number of rotatable bonds is 11.